The zero-order valence-corrected chi connectivity index (χ0v) is 14.2. The molecule has 0 saturated carbocycles. The van der Waals surface area contributed by atoms with Crippen LogP contribution in [0.15, 0.2) is 48.5 Å². The second kappa shape index (κ2) is 7.00. The fourth-order valence-electron chi connectivity index (χ4n) is 2.21. The summed E-state index contributed by atoms with van der Waals surface area (Å²) in [6.45, 7) is -0.434. The van der Waals surface area contributed by atoms with Crippen molar-refractivity contribution in [1.29, 1.82) is 0 Å². The normalized spacial score (nSPS) is 10.6. The number of benzene rings is 2. The van der Waals surface area contributed by atoms with Gasteiger partial charge < -0.3 is 4.74 Å². The minimum atomic E-state index is -0.663. The van der Waals surface area contributed by atoms with Crippen molar-refractivity contribution in [3.05, 3.63) is 74.1 Å². The monoisotopic (exact) mass is 375 g/mol. The van der Waals surface area contributed by atoms with Gasteiger partial charge in [-0.05, 0) is 24.3 Å². The molecule has 0 aliphatic rings. The van der Waals surface area contributed by atoms with Gasteiger partial charge in [0.05, 0.1) is 9.95 Å². The fourth-order valence-corrected chi connectivity index (χ4v) is 3.39. The lowest BCUT2D eigenvalue weighted by Gasteiger charge is -2.04. The molecule has 0 radical (unpaired) electrons. The number of rotatable bonds is 5. The van der Waals surface area contributed by atoms with Gasteiger partial charge >= 0.3 is 5.97 Å². The van der Waals surface area contributed by atoms with Crippen molar-refractivity contribution < 1.29 is 19.2 Å². The van der Waals surface area contributed by atoms with Gasteiger partial charge in [0.1, 0.15) is 4.88 Å². The number of hydrogen-bond acceptors (Lipinski definition) is 6. The van der Waals surface area contributed by atoms with Gasteiger partial charge in [-0.25, -0.2) is 4.79 Å². The van der Waals surface area contributed by atoms with E-state index >= 15 is 0 Å². The number of esters is 1. The minimum absolute atomic E-state index is 0.0564. The van der Waals surface area contributed by atoms with E-state index in [9.17, 15) is 19.7 Å². The Morgan fingerprint density at radius 2 is 1.92 bits per heavy atom. The third-order valence-electron chi connectivity index (χ3n) is 3.42. The maximum absolute atomic E-state index is 12.1. The Morgan fingerprint density at radius 1 is 1.16 bits per heavy atom. The summed E-state index contributed by atoms with van der Waals surface area (Å²) in [7, 11) is 0. The second-order valence-electron chi connectivity index (χ2n) is 5.07. The molecule has 6 nitrogen and oxygen atoms in total. The number of ether oxygens (including phenoxy) is 1. The van der Waals surface area contributed by atoms with Crippen LogP contribution in [-0.2, 0) is 4.74 Å². The summed E-state index contributed by atoms with van der Waals surface area (Å²) in [5.41, 5.74) is 0.225. The van der Waals surface area contributed by atoms with E-state index in [0.717, 1.165) is 16.0 Å². The number of thiophene rings is 1. The van der Waals surface area contributed by atoms with Crippen molar-refractivity contribution in [2.75, 3.05) is 6.61 Å². The fraction of sp³-hybridized carbons (Fsp3) is 0.0588. The smallest absolute Gasteiger partial charge is 0.348 e. The lowest BCUT2D eigenvalue weighted by molar-refractivity contribution is -0.384. The molecule has 0 bridgehead atoms. The first-order chi connectivity index (χ1) is 12.0. The highest BCUT2D eigenvalue weighted by Gasteiger charge is 2.17. The summed E-state index contributed by atoms with van der Waals surface area (Å²) < 4.78 is 5.75. The number of nitrogens with zero attached hydrogens (tertiary/aromatic N) is 1. The number of ketones is 1. The number of halogens is 1. The Bertz CT molecular complexity index is 998. The largest absolute Gasteiger partial charge is 0.453 e. The van der Waals surface area contributed by atoms with Crippen LogP contribution in [0.5, 0.6) is 0 Å². The van der Waals surface area contributed by atoms with E-state index in [4.69, 9.17) is 16.3 Å². The zero-order chi connectivity index (χ0) is 18.0. The first-order valence-corrected chi connectivity index (χ1v) is 8.28. The molecule has 0 N–H and O–H groups in total. The van der Waals surface area contributed by atoms with E-state index in [1.165, 1.54) is 18.2 Å². The molecule has 0 amide bonds. The van der Waals surface area contributed by atoms with Gasteiger partial charge in [-0.15, -0.1) is 11.3 Å². The van der Waals surface area contributed by atoms with Crippen molar-refractivity contribution in [3.63, 3.8) is 0 Å². The van der Waals surface area contributed by atoms with Crippen LogP contribution >= 0.6 is 22.9 Å². The number of nitro benzene ring substituents is 1. The highest BCUT2D eigenvalue weighted by Crippen LogP contribution is 2.29. The van der Waals surface area contributed by atoms with Crippen LogP contribution in [0.3, 0.4) is 0 Å². The van der Waals surface area contributed by atoms with E-state index in [2.05, 4.69) is 0 Å². The molecule has 1 aromatic heterocycles. The minimum Gasteiger partial charge on any atom is -0.453 e. The van der Waals surface area contributed by atoms with Gasteiger partial charge in [0.2, 0.25) is 5.78 Å². The number of non-ortho nitro benzene ring substituents is 1. The summed E-state index contributed by atoms with van der Waals surface area (Å²) in [6, 6.07) is 12.3. The van der Waals surface area contributed by atoms with Crippen molar-refractivity contribution in [2.24, 2.45) is 0 Å². The number of hydrogen-bond donors (Lipinski definition) is 0. The third kappa shape index (κ3) is 3.67. The van der Waals surface area contributed by atoms with Crippen LogP contribution < -0.4 is 0 Å². The van der Waals surface area contributed by atoms with Gasteiger partial charge in [-0.3, -0.25) is 14.9 Å². The van der Waals surface area contributed by atoms with E-state index in [0.29, 0.717) is 5.39 Å². The summed E-state index contributed by atoms with van der Waals surface area (Å²) in [5, 5.41) is 11.7. The van der Waals surface area contributed by atoms with Crippen molar-refractivity contribution >= 4 is 50.5 Å². The summed E-state index contributed by atoms with van der Waals surface area (Å²) >= 11 is 7.07. The van der Waals surface area contributed by atoms with Crippen molar-refractivity contribution in [2.45, 2.75) is 0 Å². The molecule has 2 aromatic carbocycles. The van der Waals surface area contributed by atoms with Crippen molar-refractivity contribution in [3.8, 4) is 0 Å². The third-order valence-corrected chi connectivity index (χ3v) is 4.85. The number of carbonyl (C=O) groups excluding carboxylic acids is 2. The van der Waals surface area contributed by atoms with Crippen LogP contribution in [0.4, 0.5) is 5.69 Å². The van der Waals surface area contributed by atoms with Gasteiger partial charge in [0.25, 0.3) is 5.69 Å². The highest BCUT2D eigenvalue weighted by molar-refractivity contribution is 7.20. The first-order valence-electron chi connectivity index (χ1n) is 7.08. The SMILES string of the molecule is O=C(OCC(=O)c1ccccc1Cl)c1cc2cc([N+](=O)[O-])ccc2s1. The molecular weight excluding hydrogens is 366 g/mol. The molecule has 0 spiro atoms. The molecule has 0 aliphatic heterocycles. The van der Waals surface area contributed by atoms with Crippen LogP contribution in [-0.4, -0.2) is 23.3 Å². The predicted molar refractivity (Wildman–Crippen MR) is 94.5 cm³/mol. The van der Waals surface area contributed by atoms with Crippen LogP contribution in [0, 0.1) is 10.1 Å². The van der Waals surface area contributed by atoms with E-state index < -0.39 is 23.3 Å². The Balaban J connectivity index is 1.73. The Kier molecular flexibility index (Phi) is 4.78. The highest BCUT2D eigenvalue weighted by atomic mass is 35.5. The molecule has 1 heterocycles. The van der Waals surface area contributed by atoms with E-state index in [1.807, 2.05) is 0 Å². The molecule has 0 aliphatic carbocycles. The van der Waals surface area contributed by atoms with Gasteiger partial charge in [-0.2, -0.15) is 0 Å². The molecule has 0 saturated heterocycles. The van der Waals surface area contributed by atoms with Gasteiger partial charge in [-0.1, -0.05) is 23.7 Å². The Morgan fingerprint density at radius 3 is 2.64 bits per heavy atom. The molecular formula is C17H10ClNO5S. The van der Waals surface area contributed by atoms with E-state index in [-0.39, 0.29) is 21.2 Å². The lowest BCUT2D eigenvalue weighted by atomic mass is 10.1. The quantitative estimate of drug-likeness (QED) is 0.283. The van der Waals surface area contributed by atoms with Crippen LogP contribution in [0.2, 0.25) is 5.02 Å². The Labute approximate surface area is 150 Å². The van der Waals surface area contributed by atoms with Gasteiger partial charge in [0, 0.05) is 27.8 Å². The molecule has 0 atom stereocenters. The zero-order valence-electron chi connectivity index (χ0n) is 12.6. The topological polar surface area (TPSA) is 86.5 Å². The van der Waals surface area contributed by atoms with Crippen molar-refractivity contribution in [1.82, 2.24) is 0 Å². The van der Waals surface area contributed by atoms with E-state index in [1.54, 1.807) is 30.3 Å². The van der Waals surface area contributed by atoms with Crippen LogP contribution in [0.1, 0.15) is 20.0 Å². The first kappa shape index (κ1) is 17.1. The average Bonchev–Trinajstić information content (AvgIpc) is 3.03. The lowest BCUT2D eigenvalue weighted by Crippen LogP contribution is -2.13. The summed E-state index contributed by atoms with van der Waals surface area (Å²) in [4.78, 5) is 34.7. The molecule has 3 aromatic rings. The summed E-state index contributed by atoms with van der Waals surface area (Å²) in [6.07, 6.45) is 0. The predicted octanol–water partition coefficient (Wildman–Crippen LogP) is 4.50. The molecule has 0 unspecified atom stereocenters. The molecule has 8 heteroatoms. The number of nitro groups is 1. The maximum Gasteiger partial charge on any atom is 0.348 e. The summed E-state index contributed by atoms with van der Waals surface area (Å²) in [5.74, 6) is -1.07. The average molecular weight is 376 g/mol. The molecule has 3 rings (SSSR count). The molecule has 126 valence electrons. The molecule has 0 fully saturated rings. The Hall–Kier alpha value is -2.77. The number of carbonyl (C=O) groups is 2. The van der Waals surface area contributed by atoms with Crippen LogP contribution in [0.25, 0.3) is 10.1 Å². The number of Topliss-reactive ketones (excluding diaryl/α,β-unsaturated/α-hetero) is 1. The number of fused-ring (bicyclic) bond motifs is 1. The second-order valence-corrected chi connectivity index (χ2v) is 6.56. The standard InChI is InChI=1S/C17H10ClNO5S/c18-13-4-2-1-3-12(13)14(20)9-24-17(21)16-8-10-7-11(19(22)23)5-6-15(10)25-16/h1-8H,9H2. The molecule has 25 heavy (non-hydrogen) atoms. The van der Waals surface area contributed by atoms with Gasteiger partial charge in [0.15, 0.2) is 6.61 Å². The maximum atomic E-state index is 12.1.